The molecule has 2 N–H and O–H groups in total. The molecular weight excluding hydrogens is 489 g/mol. The SMILES string of the molecule is COc1cc2c(Oc3ccc4[nH]c(C)cc4c3F)ncnc2cc1OC(C(=O)CN(C)C)C1CCNCC1. The second-order valence-corrected chi connectivity index (χ2v) is 9.92. The van der Waals surface area contributed by atoms with E-state index < -0.39 is 11.9 Å². The molecule has 9 nitrogen and oxygen atoms in total. The van der Waals surface area contributed by atoms with Crippen molar-refractivity contribution in [3.05, 3.63) is 48.2 Å². The molecule has 1 aliphatic heterocycles. The van der Waals surface area contributed by atoms with Crippen LogP contribution in [-0.4, -0.2) is 72.6 Å². The standard InChI is InChI=1S/C28H32FN5O4/c1-16-11-18-20(33-16)5-6-23(26(18)29)38-28-19-12-24(36-4)25(13-21(19)31-15-32-28)37-27(22(35)14-34(2)3)17-7-9-30-10-8-17/h5-6,11-13,15,17,27,30,33H,7-10,14H2,1-4H3. The van der Waals surface area contributed by atoms with Gasteiger partial charge < -0.3 is 29.4 Å². The van der Waals surface area contributed by atoms with Crippen molar-refractivity contribution in [3.8, 4) is 23.1 Å². The molecule has 10 heteroatoms. The van der Waals surface area contributed by atoms with Crippen LogP contribution < -0.4 is 19.5 Å². The van der Waals surface area contributed by atoms with Crippen LogP contribution in [-0.2, 0) is 4.79 Å². The van der Waals surface area contributed by atoms with Gasteiger partial charge in [0.1, 0.15) is 6.33 Å². The predicted molar refractivity (Wildman–Crippen MR) is 143 cm³/mol. The number of benzene rings is 2. The van der Waals surface area contributed by atoms with Gasteiger partial charge in [0.2, 0.25) is 5.88 Å². The monoisotopic (exact) mass is 521 g/mol. The Hall–Kier alpha value is -3.76. The van der Waals surface area contributed by atoms with Crippen LogP contribution in [0.15, 0.2) is 36.7 Å². The largest absolute Gasteiger partial charge is 0.493 e. The van der Waals surface area contributed by atoms with Crippen molar-refractivity contribution in [2.45, 2.75) is 25.9 Å². The average Bonchev–Trinajstić information content (AvgIpc) is 3.29. The van der Waals surface area contributed by atoms with Gasteiger partial charge in [0.25, 0.3) is 0 Å². The Labute approximate surface area is 220 Å². The highest BCUT2D eigenvalue weighted by Gasteiger charge is 2.32. The number of aryl methyl sites for hydroxylation is 1. The van der Waals surface area contributed by atoms with Crippen molar-refractivity contribution in [2.75, 3.05) is 40.8 Å². The van der Waals surface area contributed by atoms with Crippen molar-refractivity contribution in [3.63, 3.8) is 0 Å². The number of carbonyl (C=O) groups excluding carboxylic acids is 1. The highest BCUT2D eigenvalue weighted by atomic mass is 19.1. The highest BCUT2D eigenvalue weighted by molar-refractivity contribution is 5.89. The van der Waals surface area contributed by atoms with Crippen molar-refractivity contribution in [1.29, 1.82) is 0 Å². The zero-order valence-electron chi connectivity index (χ0n) is 22.0. The molecule has 0 amide bonds. The van der Waals surface area contributed by atoms with E-state index >= 15 is 4.39 Å². The topological polar surface area (TPSA) is 102 Å². The number of ketones is 1. The van der Waals surface area contributed by atoms with Gasteiger partial charge in [-0.3, -0.25) is 4.79 Å². The molecule has 1 saturated heterocycles. The molecule has 0 saturated carbocycles. The number of likely N-dealkylation sites (N-methyl/N-ethyl adjacent to an activating group) is 1. The molecule has 0 radical (unpaired) electrons. The first-order chi connectivity index (χ1) is 18.3. The molecule has 5 rings (SSSR count). The van der Waals surface area contributed by atoms with E-state index in [0.29, 0.717) is 33.3 Å². The number of hydrogen-bond donors (Lipinski definition) is 2. The van der Waals surface area contributed by atoms with Crippen molar-refractivity contribution >= 4 is 27.6 Å². The number of fused-ring (bicyclic) bond motifs is 2. The van der Waals surface area contributed by atoms with Gasteiger partial charge in [-0.15, -0.1) is 0 Å². The summed E-state index contributed by atoms with van der Waals surface area (Å²) in [4.78, 5) is 26.8. The Morgan fingerprint density at radius 1 is 1.11 bits per heavy atom. The third-order valence-corrected chi connectivity index (χ3v) is 6.78. The molecule has 2 aromatic carbocycles. The predicted octanol–water partition coefficient (Wildman–Crippen LogP) is 4.24. The Morgan fingerprint density at radius 3 is 2.63 bits per heavy atom. The number of hydrogen-bond acceptors (Lipinski definition) is 8. The van der Waals surface area contributed by atoms with E-state index in [1.807, 2.05) is 25.9 Å². The summed E-state index contributed by atoms with van der Waals surface area (Å²) in [5.74, 6) is 0.682. The lowest BCUT2D eigenvalue weighted by Crippen LogP contribution is -2.44. The molecule has 3 heterocycles. The van der Waals surface area contributed by atoms with Gasteiger partial charge in [0.05, 0.1) is 24.6 Å². The highest BCUT2D eigenvalue weighted by Crippen LogP contribution is 2.38. The van der Waals surface area contributed by atoms with Crippen LogP contribution >= 0.6 is 0 Å². The molecule has 1 unspecified atom stereocenters. The third-order valence-electron chi connectivity index (χ3n) is 6.78. The molecule has 1 aliphatic rings. The number of H-pyrrole nitrogens is 1. The summed E-state index contributed by atoms with van der Waals surface area (Å²) in [7, 11) is 5.26. The number of nitrogens with one attached hydrogen (secondary N) is 2. The molecule has 2 aromatic heterocycles. The Morgan fingerprint density at radius 2 is 1.89 bits per heavy atom. The fourth-order valence-corrected chi connectivity index (χ4v) is 4.95. The van der Waals surface area contributed by atoms with Crippen LogP contribution in [0.3, 0.4) is 0 Å². The molecule has 0 spiro atoms. The van der Waals surface area contributed by atoms with Gasteiger partial charge in [-0.1, -0.05) is 0 Å². The lowest BCUT2D eigenvalue weighted by molar-refractivity contribution is -0.129. The number of rotatable bonds is 9. The molecular formula is C28H32FN5O4. The second-order valence-electron chi connectivity index (χ2n) is 9.92. The minimum absolute atomic E-state index is 0.0154. The van der Waals surface area contributed by atoms with Crippen molar-refractivity contribution in [1.82, 2.24) is 25.2 Å². The number of piperidine rings is 1. The van der Waals surface area contributed by atoms with Crippen LogP contribution in [0.5, 0.6) is 23.1 Å². The summed E-state index contributed by atoms with van der Waals surface area (Å²) in [5.41, 5.74) is 2.07. The van der Waals surface area contributed by atoms with E-state index in [-0.39, 0.29) is 29.9 Å². The van der Waals surface area contributed by atoms with Crippen molar-refractivity contribution in [2.24, 2.45) is 5.92 Å². The molecule has 1 fully saturated rings. The molecule has 0 aliphatic carbocycles. The smallest absolute Gasteiger partial charge is 0.230 e. The first-order valence-electron chi connectivity index (χ1n) is 12.7. The summed E-state index contributed by atoms with van der Waals surface area (Å²) >= 11 is 0. The van der Waals surface area contributed by atoms with E-state index in [0.717, 1.165) is 31.6 Å². The number of aromatic amines is 1. The fourth-order valence-electron chi connectivity index (χ4n) is 4.95. The van der Waals surface area contributed by atoms with Crippen molar-refractivity contribution < 1.29 is 23.4 Å². The quantitative estimate of drug-likeness (QED) is 0.337. The van der Waals surface area contributed by atoms with E-state index in [1.165, 1.54) is 13.4 Å². The lowest BCUT2D eigenvalue weighted by Gasteiger charge is -2.31. The first-order valence-corrected chi connectivity index (χ1v) is 12.7. The maximum absolute atomic E-state index is 15.2. The Balaban J connectivity index is 1.49. The molecule has 0 bridgehead atoms. The first kappa shape index (κ1) is 25.9. The number of methoxy groups -OCH3 is 1. The summed E-state index contributed by atoms with van der Waals surface area (Å²) in [6.45, 7) is 3.83. The number of ether oxygens (including phenoxy) is 3. The van der Waals surface area contributed by atoms with E-state index in [4.69, 9.17) is 14.2 Å². The summed E-state index contributed by atoms with van der Waals surface area (Å²) in [6.07, 6.45) is 2.42. The number of Topliss-reactive ketones (excluding diaryl/α,β-unsaturated/α-hetero) is 1. The minimum Gasteiger partial charge on any atom is -0.493 e. The molecule has 4 aromatic rings. The zero-order chi connectivity index (χ0) is 26.8. The summed E-state index contributed by atoms with van der Waals surface area (Å²) in [5, 5.41) is 4.31. The number of nitrogens with zero attached hydrogens (tertiary/aromatic N) is 3. The second kappa shape index (κ2) is 10.9. The zero-order valence-corrected chi connectivity index (χ0v) is 22.0. The Kier molecular flexibility index (Phi) is 7.44. The normalized spacial score (nSPS) is 15.2. The van der Waals surface area contributed by atoms with Gasteiger partial charge in [0.15, 0.2) is 35.0 Å². The average molecular weight is 522 g/mol. The van der Waals surface area contributed by atoms with E-state index in [2.05, 4.69) is 20.3 Å². The molecule has 1 atom stereocenters. The van der Waals surface area contributed by atoms with Crippen LogP contribution in [0.1, 0.15) is 18.5 Å². The number of aromatic nitrogens is 3. The minimum atomic E-state index is -0.617. The molecule has 38 heavy (non-hydrogen) atoms. The van der Waals surface area contributed by atoms with Crippen LogP contribution in [0, 0.1) is 18.7 Å². The van der Waals surface area contributed by atoms with Crippen LogP contribution in [0.4, 0.5) is 4.39 Å². The maximum atomic E-state index is 15.2. The van der Waals surface area contributed by atoms with Gasteiger partial charge in [-0.2, -0.15) is 0 Å². The summed E-state index contributed by atoms with van der Waals surface area (Å²) in [6, 6.07) is 8.48. The Bertz CT molecular complexity index is 1460. The summed E-state index contributed by atoms with van der Waals surface area (Å²) < 4.78 is 33.1. The van der Waals surface area contributed by atoms with E-state index in [1.54, 1.807) is 30.3 Å². The van der Waals surface area contributed by atoms with Gasteiger partial charge in [-0.25, -0.2) is 14.4 Å². The van der Waals surface area contributed by atoms with E-state index in [9.17, 15) is 4.79 Å². The fraction of sp³-hybridized carbons (Fsp3) is 0.393. The number of carbonyl (C=O) groups is 1. The van der Waals surface area contributed by atoms with Crippen LogP contribution in [0.2, 0.25) is 0 Å². The van der Waals surface area contributed by atoms with Crippen LogP contribution in [0.25, 0.3) is 21.8 Å². The van der Waals surface area contributed by atoms with Gasteiger partial charge in [0, 0.05) is 28.6 Å². The van der Waals surface area contributed by atoms with Gasteiger partial charge >= 0.3 is 0 Å². The maximum Gasteiger partial charge on any atom is 0.230 e. The lowest BCUT2D eigenvalue weighted by atomic mass is 9.89. The van der Waals surface area contributed by atoms with Gasteiger partial charge in [-0.05, 0) is 71.2 Å². The third kappa shape index (κ3) is 5.27. The molecule has 200 valence electrons. The number of halogens is 1.